The van der Waals surface area contributed by atoms with Crippen LogP contribution in [0.4, 0.5) is 0 Å². The molecule has 0 unspecified atom stereocenters. The summed E-state index contributed by atoms with van der Waals surface area (Å²) in [4.78, 5) is 11.4. The molecule has 0 aliphatic carbocycles. The number of carbonyl (C=O) groups excluding carboxylic acids is 1. The monoisotopic (exact) mass is 362 g/mol. The second-order valence-electron chi connectivity index (χ2n) is 3.92. The molecule has 14 heavy (non-hydrogen) atoms. The molecule has 0 aliphatic heterocycles. The van der Waals surface area contributed by atoms with Gasteiger partial charge in [-0.25, -0.2) is 0 Å². The zero-order valence-electron chi connectivity index (χ0n) is 9.44. The van der Waals surface area contributed by atoms with E-state index in [-0.39, 0.29) is 35.4 Å². The van der Waals surface area contributed by atoms with E-state index >= 15 is 0 Å². The molecule has 0 rings (SSSR count). The van der Waals surface area contributed by atoms with Gasteiger partial charge in [0.05, 0.1) is 0 Å². The van der Waals surface area contributed by atoms with Crippen LogP contribution in [-0.4, -0.2) is 12.6 Å². The third-order valence-corrected chi connectivity index (χ3v) is 3.18. The van der Waals surface area contributed by atoms with E-state index in [9.17, 15) is 4.79 Å². The van der Waals surface area contributed by atoms with Crippen molar-refractivity contribution in [1.29, 1.82) is 0 Å². The fourth-order valence-electron chi connectivity index (χ4n) is 1.17. The molecule has 0 saturated carbocycles. The van der Waals surface area contributed by atoms with Gasteiger partial charge in [-0.3, -0.25) is 0 Å². The minimum Gasteiger partial charge on any atom is -1.00 e. The molecule has 0 atom stereocenters. The van der Waals surface area contributed by atoms with Crippen molar-refractivity contribution >= 4 is 5.97 Å². The van der Waals surface area contributed by atoms with Gasteiger partial charge >= 0.3 is 90.9 Å². The maximum absolute atomic E-state index is 11.4. The van der Waals surface area contributed by atoms with Crippen molar-refractivity contribution in [2.24, 2.45) is 5.41 Å². The first kappa shape index (κ1) is 17.2. The van der Waals surface area contributed by atoms with Gasteiger partial charge in [0.15, 0.2) is 0 Å². The Hall–Kier alpha value is 0.823. The normalized spacial score (nSPS) is 10.6. The molecule has 0 aromatic carbocycles. The summed E-state index contributed by atoms with van der Waals surface area (Å²) in [6, 6.07) is 0. The summed E-state index contributed by atoms with van der Waals surface area (Å²) in [7, 11) is 0. The van der Waals surface area contributed by atoms with Crippen LogP contribution in [0.2, 0.25) is 5.02 Å². The van der Waals surface area contributed by atoms with E-state index in [1.54, 1.807) is 0 Å². The van der Waals surface area contributed by atoms with Gasteiger partial charge in [-0.05, 0) is 0 Å². The minimum atomic E-state index is -0.287. The summed E-state index contributed by atoms with van der Waals surface area (Å²) in [6.45, 7) is 6.28. The molecule has 0 saturated heterocycles. The summed E-state index contributed by atoms with van der Waals surface area (Å²) >= 11 is 1.36. The Morgan fingerprint density at radius 3 is 2.36 bits per heavy atom. The second-order valence-corrected chi connectivity index (χ2v) is 5.40. The van der Waals surface area contributed by atoms with Crippen molar-refractivity contribution in [2.75, 3.05) is 6.61 Å². The molecule has 0 fully saturated rings. The molecular formula is C10H19IO2Zn. The van der Waals surface area contributed by atoms with Crippen LogP contribution in [0.5, 0.6) is 0 Å². The van der Waals surface area contributed by atoms with E-state index in [4.69, 9.17) is 4.74 Å². The number of esters is 1. The summed E-state index contributed by atoms with van der Waals surface area (Å²) in [5.41, 5.74) is -0.287. The van der Waals surface area contributed by atoms with Crippen LogP contribution < -0.4 is 24.0 Å². The number of unbranched alkanes of at least 4 members (excludes halogenated alkanes) is 1. The van der Waals surface area contributed by atoms with Gasteiger partial charge in [0.1, 0.15) is 0 Å². The Morgan fingerprint density at radius 1 is 1.36 bits per heavy atom. The minimum absolute atomic E-state index is 0. The van der Waals surface area contributed by atoms with Crippen LogP contribution in [0.1, 0.15) is 40.0 Å². The first-order chi connectivity index (χ1) is 6.04. The van der Waals surface area contributed by atoms with Crippen molar-refractivity contribution in [3.8, 4) is 0 Å². The standard InChI is InChI=1S/C10H19O2.HI.Zn/c1-5-7-8-10(3,4)9(11)12-6-2;;/h1,5-8H2,2-4H3;1H;/q;;+1/p-1. The largest absolute Gasteiger partial charge is 1.00 e. The van der Waals surface area contributed by atoms with Crippen LogP contribution in [0, 0.1) is 5.41 Å². The smallest absolute Gasteiger partial charge is 1.00 e. The van der Waals surface area contributed by atoms with Crippen molar-refractivity contribution in [2.45, 2.75) is 45.0 Å². The van der Waals surface area contributed by atoms with E-state index in [1.165, 1.54) is 29.7 Å². The zero-order valence-corrected chi connectivity index (χ0v) is 14.6. The van der Waals surface area contributed by atoms with Gasteiger partial charge in [0.2, 0.25) is 0 Å². The predicted molar refractivity (Wildman–Crippen MR) is 49.1 cm³/mol. The maximum atomic E-state index is 11.4. The fraction of sp³-hybridized carbons (Fsp3) is 0.900. The van der Waals surface area contributed by atoms with Crippen LogP contribution in [0.25, 0.3) is 0 Å². The van der Waals surface area contributed by atoms with Gasteiger partial charge in [-0.1, -0.05) is 0 Å². The van der Waals surface area contributed by atoms with Gasteiger partial charge in [0.25, 0.3) is 0 Å². The molecule has 0 heterocycles. The third kappa shape index (κ3) is 7.16. The number of carbonyl (C=O) groups is 1. The molecule has 0 N–H and O–H groups in total. The molecule has 4 heteroatoms. The van der Waals surface area contributed by atoms with Crippen molar-refractivity contribution in [3.63, 3.8) is 0 Å². The first-order valence-electron chi connectivity index (χ1n) is 5.01. The van der Waals surface area contributed by atoms with Gasteiger partial charge in [-0.15, -0.1) is 0 Å². The fourth-order valence-corrected chi connectivity index (χ4v) is 1.91. The molecule has 0 aromatic heterocycles. The summed E-state index contributed by atoms with van der Waals surface area (Å²) < 4.78 is 5.01. The van der Waals surface area contributed by atoms with Crippen molar-refractivity contribution < 1.29 is 51.8 Å². The summed E-state index contributed by atoms with van der Waals surface area (Å²) in [5.74, 6) is -0.0536. The van der Waals surface area contributed by atoms with Crippen molar-refractivity contribution in [3.05, 3.63) is 0 Å². The molecule has 80 valence electrons. The molecular weight excluding hydrogens is 344 g/mol. The molecule has 2 nitrogen and oxygen atoms in total. The number of halogens is 1. The van der Waals surface area contributed by atoms with Gasteiger partial charge < -0.3 is 24.0 Å². The average Bonchev–Trinajstić information content (AvgIpc) is 2.05. The topological polar surface area (TPSA) is 26.3 Å². The molecule has 0 aromatic rings. The predicted octanol–water partition coefficient (Wildman–Crippen LogP) is -0.285. The summed E-state index contributed by atoms with van der Waals surface area (Å²) in [6.07, 6.45) is 3.35. The number of hydrogen-bond donors (Lipinski definition) is 0. The van der Waals surface area contributed by atoms with Crippen LogP contribution in [-0.2, 0) is 27.8 Å². The Bertz CT molecular complexity index is 160. The maximum Gasteiger partial charge on any atom is -1.00 e. The Labute approximate surface area is 114 Å². The Morgan fingerprint density at radius 2 is 1.93 bits per heavy atom. The number of rotatable bonds is 6. The van der Waals surface area contributed by atoms with Crippen molar-refractivity contribution in [1.82, 2.24) is 0 Å². The van der Waals surface area contributed by atoms with E-state index in [0.29, 0.717) is 6.61 Å². The number of hydrogen-bond acceptors (Lipinski definition) is 2. The average molecular weight is 364 g/mol. The Balaban J connectivity index is 0. The summed E-state index contributed by atoms with van der Waals surface area (Å²) in [5, 5.41) is 1.32. The third-order valence-electron chi connectivity index (χ3n) is 2.13. The zero-order chi connectivity index (χ0) is 10.3. The first-order valence-corrected chi connectivity index (χ1v) is 7.11. The molecule has 0 aliphatic rings. The van der Waals surface area contributed by atoms with E-state index in [0.717, 1.165) is 12.8 Å². The van der Waals surface area contributed by atoms with Crippen LogP contribution >= 0.6 is 0 Å². The van der Waals surface area contributed by atoms with E-state index in [2.05, 4.69) is 0 Å². The van der Waals surface area contributed by atoms with Crippen LogP contribution in [0.3, 0.4) is 0 Å². The second kappa shape index (κ2) is 9.08. The number of ether oxygens (including phenoxy) is 1. The molecule has 0 spiro atoms. The SMILES string of the molecule is CCOC(=O)C(C)(C)CCC[CH2][Zn+].[I-]. The molecule has 0 bridgehead atoms. The van der Waals surface area contributed by atoms with Crippen LogP contribution in [0.15, 0.2) is 0 Å². The van der Waals surface area contributed by atoms with E-state index in [1.807, 2.05) is 20.8 Å². The quantitative estimate of drug-likeness (QED) is 0.281. The Kier molecular flexibility index (Phi) is 11.2. The van der Waals surface area contributed by atoms with Gasteiger partial charge in [0, 0.05) is 0 Å². The molecule has 0 radical (unpaired) electrons. The van der Waals surface area contributed by atoms with E-state index < -0.39 is 0 Å². The van der Waals surface area contributed by atoms with Gasteiger partial charge in [-0.2, -0.15) is 0 Å². The molecule has 0 amide bonds.